The number of nitrogens with zero attached hydrogens (tertiary/aromatic N) is 1. The molecule has 92 valence electrons. The van der Waals surface area contributed by atoms with Gasteiger partial charge < -0.3 is 0 Å². The van der Waals surface area contributed by atoms with Gasteiger partial charge >= 0.3 is 0 Å². The van der Waals surface area contributed by atoms with Crippen molar-refractivity contribution in [3.8, 4) is 0 Å². The van der Waals surface area contributed by atoms with Gasteiger partial charge in [0.15, 0.2) is 5.78 Å². The van der Waals surface area contributed by atoms with Crippen molar-refractivity contribution in [1.82, 2.24) is 4.90 Å². The molecular weight excluding hydrogens is 257 g/mol. The van der Waals surface area contributed by atoms with Gasteiger partial charge in [-0.25, -0.2) is 0 Å². The Morgan fingerprint density at radius 3 is 2.76 bits per heavy atom. The maximum atomic E-state index is 12.0. The van der Waals surface area contributed by atoms with Crippen LogP contribution < -0.4 is 0 Å². The molecule has 0 amide bonds. The van der Waals surface area contributed by atoms with E-state index in [1.165, 1.54) is 6.42 Å². The van der Waals surface area contributed by atoms with Crippen LogP contribution in [0.4, 0.5) is 0 Å². The van der Waals surface area contributed by atoms with Crippen LogP contribution in [-0.4, -0.2) is 30.3 Å². The molecule has 0 radical (unpaired) electrons. The number of ketones is 1. The Morgan fingerprint density at radius 1 is 1.41 bits per heavy atom. The maximum absolute atomic E-state index is 12.0. The van der Waals surface area contributed by atoms with Gasteiger partial charge in [-0.1, -0.05) is 30.1 Å². The summed E-state index contributed by atoms with van der Waals surface area (Å²) in [5, 5.41) is 0.922. The fraction of sp³-hybridized carbons (Fsp3) is 0.462. The van der Waals surface area contributed by atoms with Gasteiger partial charge in [0.05, 0.1) is 16.6 Å². The highest BCUT2D eigenvalue weighted by Gasteiger charge is 2.21. The molecule has 17 heavy (non-hydrogen) atoms. The van der Waals surface area contributed by atoms with Crippen LogP contribution in [0, 0.1) is 5.92 Å². The van der Waals surface area contributed by atoms with Crippen LogP contribution >= 0.6 is 23.2 Å². The first kappa shape index (κ1) is 12.9. The number of halogens is 2. The van der Waals surface area contributed by atoms with E-state index in [0.717, 1.165) is 13.1 Å². The van der Waals surface area contributed by atoms with E-state index in [4.69, 9.17) is 23.2 Å². The average Bonchev–Trinajstić information content (AvgIpc) is 2.68. The summed E-state index contributed by atoms with van der Waals surface area (Å²) in [5.41, 5.74) is 0.638. The Hall–Kier alpha value is -0.570. The number of benzene rings is 1. The van der Waals surface area contributed by atoms with Crippen LogP contribution in [0.2, 0.25) is 10.0 Å². The number of carbonyl (C=O) groups excluding carboxylic acids is 1. The van der Waals surface area contributed by atoms with Crippen LogP contribution in [0.15, 0.2) is 18.2 Å². The number of hydrogen-bond acceptors (Lipinski definition) is 2. The number of Topliss-reactive ketones (excluding diaryl/α,β-unsaturated/α-hetero) is 1. The SMILES string of the molecule is CC1CCN(CC(=O)c2ccc(Cl)c(Cl)c2)C1. The maximum Gasteiger partial charge on any atom is 0.176 e. The lowest BCUT2D eigenvalue weighted by molar-refractivity contribution is 0.0944. The lowest BCUT2D eigenvalue weighted by Gasteiger charge is -2.14. The van der Waals surface area contributed by atoms with Crippen molar-refractivity contribution in [3.63, 3.8) is 0 Å². The molecule has 1 aliphatic rings. The van der Waals surface area contributed by atoms with E-state index in [2.05, 4.69) is 11.8 Å². The Balaban J connectivity index is 2.02. The standard InChI is InChI=1S/C13H15Cl2NO/c1-9-4-5-16(7-9)8-13(17)10-2-3-11(14)12(15)6-10/h2-3,6,9H,4-5,7-8H2,1H3. The van der Waals surface area contributed by atoms with E-state index in [0.29, 0.717) is 28.1 Å². The zero-order valence-corrected chi connectivity index (χ0v) is 11.3. The van der Waals surface area contributed by atoms with Gasteiger partial charge in [0.25, 0.3) is 0 Å². The van der Waals surface area contributed by atoms with Gasteiger partial charge in [0, 0.05) is 12.1 Å². The van der Waals surface area contributed by atoms with Gasteiger partial charge in [0.2, 0.25) is 0 Å². The van der Waals surface area contributed by atoms with E-state index in [1.807, 2.05) is 0 Å². The van der Waals surface area contributed by atoms with Crippen molar-refractivity contribution in [2.75, 3.05) is 19.6 Å². The van der Waals surface area contributed by atoms with Gasteiger partial charge in [-0.05, 0) is 37.1 Å². The van der Waals surface area contributed by atoms with Crippen LogP contribution in [0.1, 0.15) is 23.7 Å². The third-order valence-corrected chi connectivity index (χ3v) is 3.86. The fourth-order valence-electron chi connectivity index (χ4n) is 2.13. The summed E-state index contributed by atoms with van der Waals surface area (Å²) in [6.45, 7) is 4.70. The minimum absolute atomic E-state index is 0.109. The monoisotopic (exact) mass is 271 g/mol. The third-order valence-electron chi connectivity index (χ3n) is 3.12. The second-order valence-corrected chi connectivity index (χ2v) is 5.50. The Labute approximate surface area is 112 Å². The van der Waals surface area contributed by atoms with E-state index in [1.54, 1.807) is 18.2 Å². The zero-order chi connectivity index (χ0) is 12.4. The molecule has 0 saturated carbocycles. The molecule has 0 aromatic heterocycles. The third kappa shape index (κ3) is 3.21. The quantitative estimate of drug-likeness (QED) is 0.785. The molecule has 1 fully saturated rings. The van der Waals surface area contributed by atoms with Gasteiger partial charge in [-0.2, -0.15) is 0 Å². The summed E-state index contributed by atoms with van der Waals surface area (Å²) in [7, 11) is 0. The van der Waals surface area contributed by atoms with Crippen LogP contribution in [0.3, 0.4) is 0 Å². The largest absolute Gasteiger partial charge is 0.296 e. The first-order valence-electron chi connectivity index (χ1n) is 5.77. The topological polar surface area (TPSA) is 20.3 Å². The molecule has 1 saturated heterocycles. The molecule has 1 heterocycles. The van der Waals surface area contributed by atoms with Crippen LogP contribution in [-0.2, 0) is 0 Å². The second kappa shape index (κ2) is 5.38. The first-order valence-corrected chi connectivity index (χ1v) is 6.52. The molecule has 0 spiro atoms. The Morgan fingerprint density at radius 2 is 2.18 bits per heavy atom. The van der Waals surface area contributed by atoms with Crippen molar-refractivity contribution in [2.45, 2.75) is 13.3 Å². The molecule has 1 aromatic rings. The number of rotatable bonds is 3. The normalized spacial score (nSPS) is 20.8. The summed E-state index contributed by atoms with van der Waals surface area (Å²) in [6.07, 6.45) is 1.18. The van der Waals surface area contributed by atoms with Gasteiger partial charge in [-0.15, -0.1) is 0 Å². The zero-order valence-electron chi connectivity index (χ0n) is 9.75. The minimum Gasteiger partial charge on any atom is -0.296 e. The van der Waals surface area contributed by atoms with Crippen molar-refractivity contribution in [2.24, 2.45) is 5.92 Å². The number of hydrogen-bond donors (Lipinski definition) is 0. The molecule has 0 aliphatic carbocycles. The van der Waals surface area contributed by atoms with Crippen molar-refractivity contribution >= 4 is 29.0 Å². The predicted octanol–water partition coefficient (Wildman–Crippen LogP) is 3.52. The fourth-order valence-corrected chi connectivity index (χ4v) is 2.43. The van der Waals surface area contributed by atoms with Crippen molar-refractivity contribution < 1.29 is 4.79 Å². The average molecular weight is 272 g/mol. The predicted molar refractivity (Wildman–Crippen MR) is 71.0 cm³/mol. The molecule has 2 nitrogen and oxygen atoms in total. The summed E-state index contributed by atoms with van der Waals surface area (Å²) < 4.78 is 0. The van der Waals surface area contributed by atoms with E-state index < -0.39 is 0 Å². The van der Waals surface area contributed by atoms with E-state index in [-0.39, 0.29) is 5.78 Å². The molecule has 0 bridgehead atoms. The Bertz CT molecular complexity index is 433. The van der Waals surface area contributed by atoms with Gasteiger partial charge in [0.1, 0.15) is 0 Å². The Kier molecular flexibility index (Phi) is 4.08. The van der Waals surface area contributed by atoms with Crippen molar-refractivity contribution in [1.29, 1.82) is 0 Å². The molecule has 1 unspecified atom stereocenters. The molecular formula is C13H15Cl2NO. The van der Waals surface area contributed by atoms with E-state index in [9.17, 15) is 4.79 Å². The summed E-state index contributed by atoms with van der Waals surface area (Å²) >= 11 is 11.7. The molecule has 1 aliphatic heterocycles. The second-order valence-electron chi connectivity index (χ2n) is 4.68. The van der Waals surface area contributed by atoms with Gasteiger partial charge in [-0.3, -0.25) is 9.69 Å². The molecule has 4 heteroatoms. The minimum atomic E-state index is 0.109. The highest BCUT2D eigenvalue weighted by atomic mass is 35.5. The van der Waals surface area contributed by atoms with Crippen LogP contribution in [0.5, 0.6) is 0 Å². The smallest absolute Gasteiger partial charge is 0.176 e. The summed E-state index contributed by atoms with van der Waals surface area (Å²) in [4.78, 5) is 14.2. The lowest BCUT2D eigenvalue weighted by Crippen LogP contribution is -2.27. The molecule has 2 rings (SSSR count). The van der Waals surface area contributed by atoms with E-state index >= 15 is 0 Å². The highest BCUT2D eigenvalue weighted by Crippen LogP contribution is 2.23. The number of carbonyl (C=O) groups is 1. The van der Waals surface area contributed by atoms with Crippen molar-refractivity contribution in [3.05, 3.63) is 33.8 Å². The molecule has 1 aromatic carbocycles. The summed E-state index contributed by atoms with van der Waals surface area (Å²) in [6, 6.07) is 5.05. The number of likely N-dealkylation sites (tertiary alicyclic amines) is 1. The lowest BCUT2D eigenvalue weighted by atomic mass is 10.1. The first-order chi connectivity index (χ1) is 8.06. The molecule has 1 atom stereocenters. The van der Waals surface area contributed by atoms with Crippen LogP contribution in [0.25, 0.3) is 0 Å². The molecule has 0 N–H and O–H groups in total. The highest BCUT2D eigenvalue weighted by molar-refractivity contribution is 6.42. The summed E-state index contributed by atoms with van der Waals surface area (Å²) in [5.74, 6) is 0.800.